The third-order valence-corrected chi connectivity index (χ3v) is 3.92. The van der Waals surface area contributed by atoms with E-state index in [-0.39, 0.29) is 5.78 Å². The molecule has 0 amide bonds. The topological polar surface area (TPSA) is 35.5 Å². The van der Waals surface area contributed by atoms with Crippen LogP contribution in [0, 0.1) is 6.92 Å². The third kappa shape index (κ3) is 1.59. The highest BCUT2D eigenvalue weighted by Gasteiger charge is 2.30. The molecule has 0 aliphatic heterocycles. The van der Waals surface area contributed by atoms with E-state index in [2.05, 4.69) is 15.9 Å². The van der Waals surface area contributed by atoms with Gasteiger partial charge in [0.05, 0.1) is 24.3 Å². The highest BCUT2D eigenvalue weighted by atomic mass is 79.9. The predicted molar refractivity (Wildman–Crippen MR) is 70.0 cm³/mol. The molecule has 0 aromatic heterocycles. The number of benzene rings is 1. The average Bonchev–Trinajstić information content (AvgIpc) is 2.59. The van der Waals surface area contributed by atoms with Gasteiger partial charge < -0.3 is 9.47 Å². The first-order valence-electron chi connectivity index (χ1n) is 5.20. The molecule has 0 saturated heterocycles. The van der Waals surface area contributed by atoms with E-state index >= 15 is 0 Å². The van der Waals surface area contributed by atoms with Crippen LogP contribution in [0.1, 0.15) is 28.4 Å². The van der Waals surface area contributed by atoms with Crippen molar-refractivity contribution < 1.29 is 14.3 Å². The number of ether oxygens (including phenoxy) is 2. The van der Waals surface area contributed by atoms with Crippen molar-refractivity contribution in [3.63, 3.8) is 0 Å². The van der Waals surface area contributed by atoms with Gasteiger partial charge in [-0.15, -0.1) is 0 Å². The number of halogens is 1. The first kappa shape index (κ1) is 12.2. The van der Waals surface area contributed by atoms with E-state index in [1.54, 1.807) is 21.1 Å². The van der Waals surface area contributed by atoms with Crippen molar-refractivity contribution in [2.24, 2.45) is 0 Å². The molecule has 0 unspecified atom stereocenters. The van der Waals surface area contributed by atoms with Gasteiger partial charge in [0.2, 0.25) is 0 Å². The van der Waals surface area contributed by atoms with E-state index in [0.29, 0.717) is 16.9 Å². The van der Waals surface area contributed by atoms with Gasteiger partial charge in [-0.25, -0.2) is 0 Å². The lowest BCUT2D eigenvalue weighted by molar-refractivity contribution is 0.103. The van der Waals surface area contributed by atoms with Crippen LogP contribution in [0.2, 0.25) is 0 Å². The third-order valence-electron chi connectivity index (χ3n) is 2.96. The Labute approximate surface area is 109 Å². The molecule has 0 heterocycles. The van der Waals surface area contributed by atoms with Gasteiger partial charge in [0.1, 0.15) is 11.5 Å². The summed E-state index contributed by atoms with van der Waals surface area (Å²) in [5, 5.41) is 0. The predicted octanol–water partition coefficient (Wildman–Crippen LogP) is 3.37. The fourth-order valence-electron chi connectivity index (χ4n) is 2.11. The highest BCUT2D eigenvalue weighted by Crippen LogP contribution is 2.46. The summed E-state index contributed by atoms with van der Waals surface area (Å²) < 4.78 is 11.5. The van der Waals surface area contributed by atoms with Crippen LogP contribution in [0.4, 0.5) is 0 Å². The molecule has 4 heteroatoms. The maximum atomic E-state index is 12.1. The summed E-state index contributed by atoms with van der Waals surface area (Å²) in [6.07, 6.45) is 1.85. The van der Waals surface area contributed by atoms with Crippen LogP contribution >= 0.6 is 15.9 Å². The van der Waals surface area contributed by atoms with Crippen LogP contribution in [0.25, 0.3) is 6.08 Å². The van der Waals surface area contributed by atoms with Crippen molar-refractivity contribution in [2.45, 2.75) is 13.8 Å². The fraction of sp³-hybridized carbons (Fsp3) is 0.308. The van der Waals surface area contributed by atoms with E-state index in [1.165, 1.54) is 0 Å². The summed E-state index contributed by atoms with van der Waals surface area (Å²) in [6.45, 7) is 3.72. The molecular formula is C13H13BrO3. The molecule has 0 atom stereocenters. The second-order valence-electron chi connectivity index (χ2n) is 3.95. The Morgan fingerprint density at radius 3 is 2.24 bits per heavy atom. The van der Waals surface area contributed by atoms with Crippen LogP contribution in [-0.4, -0.2) is 20.0 Å². The Morgan fingerprint density at radius 2 is 1.71 bits per heavy atom. The zero-order valence-electron chi connectivity index (χ0n) is 10.2. The normalized spacial score (nSPS) is 13.5. The molecule has 0 spiro atoms. The van der Waals surface area contributed by atoms with Crippen LogP contribution < -0.4 is 9.47 Å². The summed E-state index contributed by atoms with van der Waals surface area (Å²) in [5.41, 5.74) is 3.03. The van der Waals surface area contributed by atoms with Crippen molar-refractivity contribution in [1.82, 2.24) is 0 Å². The zero-order chi connectivity index (χ0) is 12.7. The molecule has 0 bridgehead atoms. The number of fused-ring (bicyclic) bond motifs is 1. The van der Waals surface area contributed by atoms with E-state index in [9.17, 15) is 4.79 Å². The van der Waals surface area contributed by atoms with Crippen LogP contribution in [-0.2, 0) is 0 Å². The minimum Gasteiger partial charge on any atom is -0.496 e. The van der Waals surface area contributed by atoms with Gasteiger partial charge >= 0.3 is 0 Å². The molecule has 1 aromatic rings. The Kier molecular flexibility index (Phi) is 3.00. The lowest BCUT2D eigenvalue weighted by Crippen LogP contribution is -2.04. The largest absolute Gasteiger partial charge is 0.496 e. The van der Waals surface area contributed by atoms with Gasteiger partial charge in [0, 0.05) is 11.1 Å². The number of Topliss-reactive ketones (excluding diaryl/α,β-unsaturated/α-hetero) is 1. The first-order chi connectivity index (χ1) is 8.02. The summed E-state index contributed by atoms with van der Waals surface area (Å²) in [5.74, 6) is 1.30. The lowest BCUT2D eigenvalue weighted by Gasteiger charge is -2.16. The van der Waals surface area contributed by atoms with Crippen molar-refractivity contribution in [2.75, 3.05) is 14.2 Å². The molecule has 3 nitrogen and oxygen atoms in total. The quantitative estimate of drug-likeness (QED) is 0.839. The van der Waals surface area contributed by atoms with Crippen LogP contribution in [0.5, 0.6) is 11.5 Å². The molecule has 1 aliphatic rings. The highest BCUT2D eigenvalue weighted by molar-refractivity contribution is 9.10. The van der Waals surface area contributed by atoms with Crippen molar-refractivity contribution >= 4 is 27.8 Å². The minimum atomic E-state index is -0.00384. The molecule has 1 aliphatic carbocycles. The maximum Gasteiger partial charge on any atom is 0.193 e. The Morgan fingerprint density at radius 1 is 1.12 bits per heavy atom. The maximum absolute atomic E-state index is 12.1. The van der Waals surface area contributed by atoms with Gasteiger partial charge in [-0.3, -0.25) is 4.79 Å². The summed E-state index contributed by atoms with van der Waals surface area (Å²) in [7, 11) is 3.17. The monoisotopic (exact) mass is 296 g/mol. The molecule has 0 saturated carbocycles. The summed E-state index contributed by atoms with van der Waals surface area (Å²) >= 11 is 3.45. The smallest absolute Gasteiger partial charge is 0.193 e. The van der Waals surface area contributed by atoms with E-state index in [4.69, 9.17) is 9.47 Å². The van der Waals surface area contributed by atoms with E-state index in [0.717, 1.165) is 21.3 Å². The second-order valence-corrected chi connectivity index (χ2v) is 4.74. The van der Waals surface area contributed by atoms with Crippen LogP contribution in [0.3, 0.4) is 0 Å². The van der Waals surface area contributed by atoms with Gasteiger partial charge in [-0.05, 0) is 41.4 Å². The van der Waals surface area contributed by atoms with Gasteiger partial charge in [0.15, 0.2) is 5.78 Å². The van der Waals surface area contributed by atoms with Crippen LogP contribution in [0.15, 0.2) is 10.0 Å². The number of methoxy groups -OCH3 is 2. The zero-order valence-corrected chi connectivity index (χ0v) is 11.8. The number of hydrogen-bond donors (Lipinski definition) is 0. The molecule has 0 radical (unpaired) electrons. The number of allylic oxidation sites excluding steroid dienone is 1. The van der Waals surface area contributed by atoms with E-state index in [1.807, 2.05) is 13.0 Å². The van der Waals surface area contributed by atoms with Crippen molar-refractivity contribution in [3.05, 3.63) is 26.7 Å². The number of hydrogen-bond acceptors (Lipinski definition) is 3. The number of ketones is 1. The molecule has 0 fully saturated rings. The molecular weight excluding hydrogens is 284 g/mol. The molecule has 2 rings (SSSR count). The molecule has 0 N–H and O–H groups in total. The Balaban J connectivity index is 2.86. The first-order valence-corrected chi connectivity index (χ1v) is 5.99. The SMILES string of the molecule is COc1c(C)c(Br)c(OC)c2c1C=C(C)C2=O. The number of rotatable bonds is 2. The number of carbonyl (C=O) groups is 1. The van der Waals surface area contributed by atoms with Gasteiger partial charge in [0.25, 0.3) is 0 Å². The minimum absolute atomic E-state index is 0.00384. The van der Waals surface area contributed by atoms with Gasteiger partial charge in [-0.2, -0.15) is 0 Å². The standard InChI is InChI=1S/C13H13BrO3/c1-6-5-8-9(11(6)15)13(17-4)10(14)7(2)12(8)16-3/h5H,1-4H3. The summed E-state index contributed by atoms with van der Waals surface area (Å²) in [6, 6.07) is 0. The van der Waals surface area contributed by atoms with Crippen molar-refractivity contribution in [3.8, 4) is 11.5 Å². The lowest BCUT2D eigenvalue weighted by atomic mass is 10.0. The second kappa shape index (κ2) is 4.18. The molecule has 90 valence electrons. The van der Waals surface area contributed by atoms with Gasteiger partial charge in [-0.1, -0.05) is 0 Å². The number of carbonyl (C=O) groups excluding carboxylic acids is 1. The Hall–Kier alpha value is -1.29. The van der Waals surface area contributed by atoms with E-state index < -0.39 is 0 Å². The Bertz CT molecular complexity index is 544. The summed E-state index contributed by atoms with van der Waals surface area (Å²) in [4.78, 5) is 12.1. The van der Waals surface area contributed by atoms with Crippen molar-refractivity contribution in [1.29, 1.82) is 0 Å². The molecule has 17 heavy (non-hydrogen) atoms. The average molecular weight is 297 g/mol. The fourth-order valence-corrected chi connectivity index (χ4v) is 2.65. The molecule has 1 aromatic carbocycles.